The Morgan fingerprint density at radius 1 is 1.38 bits per heavy atom. The zero-order valence-corrected chi connectivity index (χ0v) is 8.66. The van der Waals surface area contributed by atoms with Crippen LogP contribution in [-0.2, 0) is 11.3 Å². The molecule has 6 heteroatoms. The van der Waals surface area contributed by atoms with E-state index in [4.69, 9.17) is 10.00 Å². The topological polar surface area (TPSA) is 76.6 Å². The van der Waals surface area contributed by atoms with Crippen LogP contribution in [0.3, 0.4) is 0 Å². The molecule has 80 valence electrons. The summed E-state index contributed by atoms with van der Waals surface area (Å²) in [6, 6.07) is 5.55. The maximum atomic E-state index is 8.99. The van der Waals surface area contributed by atoms with Crippen LogP contribution in [0.15, 0.2) is 24.5 Å². The van der Waals surface area contributed by atoms with Crippen LogP contribution in [0.5, 0.6) is 0 Å². The van der Waals surface area contributed by atoms with Gasteiger partial charge in [0.05, 0.1) is 24.7 Å². The molecule has 0 fully saturated rings. The molecule has 0 saturated carbocycles. The monoisotopic (exact) mass is 215 g/mol. The minimum absolute atomic E-state index is 0.283. The third kappa shape index (κ3) is 1.89. The largest absolute Gasteiger partial charge is 0.378 e. The highest BCUT2D eigenvalue weighted by Gasteiger charge is 2.08. The second-order valence-electron chi connectivity index (χ2n) is 3.03. The van der Waals surface area contributed by atoms with Crippen LogP contribution in [0, 0.1) is 11.3 Å². The van der Waals surface area contributed by atoms with Gasteiger partial charge in [-0.1, -0.05) is 0 Å². The lowest BCUT2D eigenvalue weighted by Gasteiger charge is -2.04. The standard InChI is InChI=1S/C10H9N5O/c1-16-7-8-2-3-10(9(6-11)14-8)15-12-4-5-13-15/h2-5H,7H2,1H3. The molecule has 2 aromatic heterocycles. The van der Waals surface area contributed by atoms with Gasteiger partial charge >= 0.3 is 0 Å². The van der Waals surface area contributed by atoms with Gasteiger partial charge in [0.15, 0.2) is 5.69 Å². The molecule has 0 radical (unpaired) electrons. The van der Waals surface area contributed by atoms with Crippen LogP contribution in [0.4, 0.5) is 0 Å². The van der Waals surface area contributed by atoms with Crippen molar-refractivity contribution in [1.82, 2.24) is 20.0 Å². The van der Waals surface area contributed by atoms with Crippen LogP contribution in [0.2, 0.25) is 0 Å². The minimum Gasteiger partial charge on any atom is -0.378 e. The highest BCUT2D eigenvalue weighted by molar-refractivity contribution is 5.43. The van der Waals surface area contributed by atoms with E-state index in [9.17, 15) is 0 Å². The normalized spacial score (nSPS) is 10.0. The third-order valence-electron chi connectivity index (χ3n) is 1.96. The Kier molecular flexibility index (Phi) is 2.89. The lowest BCUT2D eigenvalue weighted by Crippen LogP contribution is -2.05. The summed E-state index contributed by atoms with van der Waals surface area (Å²) in [6.07, 6.45) is 3.09. The first-order chi connectivity index (χ1) is 7.85. The summed E-state index contributed by atoms with van der Waals surface area (Å²) in [5.41, 5.74) is 1.55. The van der Waals surface area contributed by atoms with Crippen molar-refractivity contribution in [2.24, 2.45) is 0 Å². The van der Waals surface area contributed by atoms with Crippen molar-refractivity contribution < 1.29 is 4.74 Å². The van der Waals surface area contributed by atoms with Gasteiger partial charge in [0, 0.05) is 7.11 Å². The van der Waals surface area contributed by atoms with E-state index in [0.29, 0.717) is 18.0 Å². The van der Waals surface area contributed by atoms with Crippen molar-refractivity contribution in [2.45, 2.75) is 6.61 Å². The van der Waals surface area contributed by atoms with Gasteiger partial charge in [-0.25, -0.2) is 4.98 Å². The Hall–Kier alpha value is -2.26. The van der Waals surface area contributed by atoms with E-state index in [-0.39, 0.29) is 5.69 Å². The molecule has 0 unspecified atom stereocenters. The van der Waals surface area contributed by atoms with Gasteiger partial charge in [-0.05, 0) is 12.1 Å². The average Bonchev–Trinajstić information content (AvgIpc) is 2.83. The van der Waals surface area contributed by atoms with Gasteiger partial charge in [-0.15, -0.1) is 4.80 Å². The van der Waals surface area contributed by atoms with E-state index in [2.05, 4.69) is 15.2 Å². The minimum atomic E-state index is 0.283. The fourth-order valence-corrected chi connectivity index (χ4v) is 1.30. The third-order valence-corrected chi connectivity index (χ3v) is 1.96. The molecule has 0 atom stereocenters. The molecular formula is C10H9N5O. The molecular weight excluding hydrogens is 206 g/mol. The van der Waals surface area contributed by atoms with Gasteiger partial charge in [0.2, 0.25) is 0 Å². The molecule has 2 aromatic rings. The number of aromatic nitrogens is 4. The Morgan fingerprint density at radius 2 is 2.12 bits per heavy atom. The van der Waals surface area contributed by atoms with Crippen molar-refractivity contribution in [3.8, 4) is 11.8 Å². The van der Waals surface area contributed by atoms with E-state index >= 15 is 0 Å². The summed E-state index contributed by atoms with van der Waals surface area (Å²) >= 11 is 0. The van der Waals surface area contributed by atoms with Crippen molar-refractivity contribution in [3.63, 3.8) is 0 Å². The number of hydrogen-bond acceptors (Lipinski definition) is 5. The first kappa shape index (κ1) is 10.3. The number of rotatable bonds is 3. The van der Waals surface area contributed by atoms with Crippen LogP contribution < -0.4 is 0 Å². The van der Waals surface area contributed by atoms with E-state index in [1.54, 1.807) is 31.6 Å². The maximum Gasteiger partial charge on any atom is 0.168 e. The van der Waals surface area contributed by atoms with E-state index in [1.807, 2.05) is 6.07 Å². The van der Waals surface area contributed by atoms with Crippen molar-refractivity contribution in [2.75, 3.05) is 7.11 Å². The highest BCUT2D eigenvalue weighted by Crippen LogP contribution is 2.10. The zero-order valence-electron chi connectivity index (χ0n) is 8.66. The average molecular weight is 215 g/mol. The molecule has 0 aliphatic heterocycles. The highest BCUT2D eigenvalue weighted by atomic mass is 16.5. The molecule has 0 amide bonds. The van der Waals surface area contributed by atoms with Gasteiger partial charge < -0.3 is 4.74 Å². The van der Waals surface area contributed by atoms with Crippen LogP contribution >= 0.6 is 0 Å². The molecule has 2 heterocycles. The lowest BCUT2D eigenvalue weighted by atomic mass is 10.2. The molecule has 0 bridgehead atoms. The Morgan fingerprint density at radius 3 is 2.75 bits per heavy atom. The molecule has 2 rings (SSSR count). The lowest BCUT2D eigenvalue weighted by molar-refractivity contribution is 0.181. The number of methoxy groups -OCH3 is 1. The van der Waals surface area contributed by atoms with Crippen LogP contribution in [0.1, 0.15) is 11.4 Å². The van der Waals surface area contributed by atoms with Crippen molar-refractivity contribution in [1.29, 1.82) is 5.26 Å². The van der Waals surface area contributed by atoms with Gasteiger partial charge in [0.1, 0.15) is 11.8 Å². The summed E-state index contributed by atoms with van der Waals surface area (Å²) in [5.74, 6) is 0. The molecule has 0 saturated heterocycles. The zero-order chi connectivity index (χ0) is 11.4. The predicted octanol–water partition coefficient (Wildman–Crippen LogP) is 0.680. The summed E-state index contributed by atoms with van der Waals surface area (Å²) < 4.78 is 4.95. The molecule has 0 aliphatic carbocycles. The Balaban J connectivity index is 2.44. The molecule has 0 N–H and O–H groups in total. The van der Waals surface area contributed by atoms with E-state index < -0.39 is 0 Å². The number of hydrogen-bond donors (Lipinski definition) is 0. The summed E-state index contributed by atoms with van der Waals surface area (Å²) in [5, 5.41) is 16.9. The molecule has 0 aliphatic rings. The van der Waals surface area contributed by atoms with Gasteiger partial charge in [0.25, 0.3) is 0 Å². The fraction of sp³-hybridized carbons (Fsp3) is 0.200. The van der Waals surface area contributed by atoms with Gasteiger partial charge in [-0.2, -0.15) is 15.5 Å². The quantitative estimate of drug-likeness (QED) is 0.752. The second kappa shape index (κ2) is 4.51. The van der Waals surface area contributed by atoms with Crippen molar-refractivity contribution >= 4 is 0 Å². The summed E-state index contributed by atoms with van der Waals surface area (Å²) in [6.45, 7) is 0.376. The Bertz CT molecular complexity index is 515. The first-order valence-electron chi connectivity index (χ1n) is 4.61. The van der Waals surface area contributed by atoms with Crippen LogP contribution in [-0.4, -0.2) is 27.1 Å². The van der Waals surface area contributed by atoms with Gasteiger partial charge in [-0.3, -0.25) is 0 Å². The number of pyridine rings is 1. The molecule has 16 heavy (non-hydrogen) atoms. The first-order valence-corrected chi connectivity index (χ1v) is 4.61. The molecule has 0 spiro atoms. The molecule has 6 nitrogen and oxygen atoms in total. The SMILES string of the molecule is COCc1ccc(-n2nccn2)c(C#N)n1. The van der Waals surface area contributed by atoms with E-state index in [0.717, 1.165) is 0 Å². The summed E-state index contributed by atoms with van der Waals surface area (Å²) in [7, 11) is 1.58. The molecule has 0 aromatic carbocycles. The predicted molar refractivity (Wildman–Crippen MR) is 54.6 cm³/mol. The fourth-order valence-electron chi connectivity index (χ4n) is 1.30. The number of nitrogens with zero attached hydrogens (tertiary/aromatic N) is 5. The van der Waals surface area contributed by atoms with Crippen LogP contribution in [0.25, 0.3) is 5.69 Å². The van der Waals surface area contributed by atoms with E-state index in [1.165, 1.54) is 4.80 Å². The Labute approximate surface area is 92.1 Å². The summed E-state index contributed by atoms with van der Waals surface area (Å²) in [4.78, 5) is 5.51. The van der Waals surface area contributed by atoms with Crippen molar-refractivity contribution in [3.05, 3.63) is 35.9 Å². The number of ether oxygens (including phenoxy) is 1. The smallest absolute Gasteiger partial charge is 0.168 e. The maximum absolute atomic E-state index is 8.99. The number of nitriles is 1. The second-order valence-corrected chi connectivity index (χ2v) is 3.03.